The lowest BCUT2D eigenvalue weighted by molar-refractivity contribution is 0.0531. The van der Waals surface area contributed by atoms with Gasteiger partial charge in [0.2, 0.25) is 0 Å². The molecule has 0 rings (SSSR count). The standard InChI is InChI=1S/C12H26BrNO2S2/c1-12(2,3)16-11(15)14-8-10-18(4,5)17-9-6-7-13/h6-10H2,1-5H3,(H,14,15). The lowest BCUT2D eigenvalue weighted by Gasteiger charge is -2.30. The van der Waals surface area contributed by atoms with Gasteiger partial charge in [0.15, 0.2) is 0 Å². The summed E-state index contributed by atoms with van der Waals surface area (Å²) in [5.41, 5.74) is -0.420. The third-order valence-electron chi connectivity index (χ3n) is 1.94. The fourth-order valence-corrected chi connectivity index (χ4v) is 5.50. The summed E-state index contributed by atoms with van der Waals surface area (Å²) in [6.07, 6.45) is 5.47. The molecule has 0 saturated heterocycles. The first kappa shape index (κ1) is 18.4. The number of hydrogen-bond acceptors (Lipinski definition) is 3. The fourth-order valence-electron chi connectivity index (χ4n) is 1.11. The van der Waals surface area contributed by atoms with Crippen molar-refractivity contribution in [2.75, 3.05) is 35.9 Å². The molecule has 0 heterocycles. The van der Waals surface area contributed by atoms with E-state index in [4.69, 9.17) is 4.74 Å². The number of amides is 1. The van der Waals surface area contributed by atoms with Crippen LogP contribution in [0.2, 0.25) is 0 Å². The Balaban J connectivity index is 3.78. The quantitative estimate of drug-likeness (QED) is 0.424. The molecule has 0 saturated carbocycles. The molecule has 0 unspecified atom stereocenters. The van der Waals surface area contributed by atoms with E-state index in [0.29, 0.717) is 6.54 Å². The van der Waals surface area contributed by atoms with Crippen molar-refractivity contribution in [1.29, 1.82) is 0 Å². The van der Waals surface area contributed by atoms with Crippen LogP contribution in [0.4, 0.5) is 4.79 Å². The topological polar surface area (TPSA) is 38.3 Å². The van der Waals surface area contributed by atoms with Gasteiger partial charge in [0.25, 0.3) is 0 Å². The highest BCUT2D eigenvalue weighted by Crippen LogP contribution is 2.53. The monoisotopic (exact) mass is 359 g/mol. The maximum atomic E-state index is 11.5. The van der Waals surface area contributed by atoms with E-state index in [1.54, 1.807) is 0 Å². The van der Waals surface area contributed by atoms with Gasteiger partial charge < -0.3 is 10.1 Å². The minimum absolute atomic E-state index is 0.317. The van der Waals surface area contributed by atoms with Crippen molar-refractivity contribution in [2.24, 2.45) is 0 Å². The number of alkyl carbamates (subject to hydrolysis) is 1. The summed E-state index contributed by atoms with van der Waals surface area (Å²) < 4.78 is 5.20. The molecule has 18 heavy (non-hydrogen) atoms. The predicted octanol–water partition coefficient (Wildman–Crippen LogP) is 4.01. The van der Waals surface area contributed by atoms with Gasteiger partial charge in [-0.3, -0.25) is 0 Å². The third-order valence-corrected chi connectivity index (χ3v) is 7.70. The van der Waals surface area contributed by atoms with E-state index >= 15 is 0 Å². The molecule has 0 atom stereocenters. The zero-order valence-corrected chi connectivity index (χ0v) is 15.3. The Kier molecular flexibility index (Phi) is 8.80. The number of halogens is 1. The van der Waals surface area contributed by atoms with Crippen LogP contribution >= 0.6 is 35.8 Å². The van der Waals surface area contributed by atoms with E-state index in [0.717, 1.165) is 11.1 Å². The number of ether oxygens (including phenoxy) is 1. The second kappa shape index (κ2) is 8.59. The summed E-state index contributed by atoms with van der Waals surface area (Å²) in [6, 6.07) is 0. The smallest absolute Gasteiger partial charge is 0.407 e. The van der Waals surface area contributed by atoms with Crippen LogP contribution in [0, 0.1) is 0 Å². The summed E-state index contributed by atoms with van der Waals surface area (Å²) >= 11 is 3.44. The van der Waals surface area contributed by atoms with E-state index < -0.39 is 14.7 Å². The molecule has 0 aliphatic rings. The molecule has 0 bridgehead atoms. The normalized spacial score (nSPS) is 13.2. The van der Waals surface area contributed by atoms with Crippen molar-refractivity contribution in [2.45, 2.75) is 32.8 Å². The highest BCUT2D eigenvalue weighted by molar-refractivity contribution is 9.09. The highest BCUT2D eigenvalue weighted by atomic mass is 79.9. The Morgan fingerprint density at radius 2 is 2.00 bits per heavy atom. The third kappa shape index (κ3) is 11.5. The largest absolute Gasteiger partial charge is 0.444 e. The van der Waals surface area contributed by atoms with Crippen LogP contribution in [0.1, 0.15) is 27.2 Å². The summed E-state index contributed by atoms with van der Waals surface area (Å²) in [4.78, 5) is 11.5. The minimum atomic E-state index is -0.668. The van der Waals surface area contributed by atoms with Crippen molar-refractivity contribution < 1.29 is 9.53 Å². The molecule has 1 N–H and O–H groups in total. The first-order chi connectivity index (χ1) is 8.16. The van der Waals surface area contributed by atoms with Crippen molar-refractivity contribution >= 4 is 41.9 Å². The van der Waals surface area contributed by atoms with Gasteiger partial charge in [-0.25, -0.2) is 4.79 Å². The van der Waals surface area contributed by atoms with Gasteiger partial charge in [0.05, 0.1) is 0 Å². The van der Waals surface area contributed by atoms with E-state index in [1.807, 2.05) is 31.6 Å². The van der Waals surface area contributed by atoms with Crippen LogP contribution in [-0.4, -0.2) is 47.6 Å². The average molecular weight is 360 g/mol. The lowest BCUT2D eigenvalue weighted by atomic mass is 10.2. The molecule has 1 amide bonds. The molecule has 0 radical (unpaired) electrons. The molecule has 3 nitrogen and oxygen atoms in total. The summed E-state index contributed by atoms with van der Waals surface area (Å²) in [6.45, 7) is 6.31. The molecule has 0 spiro atoms. The zero-order chi connectivity index (χ0) is 14.2. The Hall–Kier alpha value is 0.450. The van der Waals surface area contributed by atoms with Crippen LogP contribution in [0.5, 0.6) is 0 Å². The fraction of sp³-hybridized carbons (Fsp3) is 0.917. The molecule has 0 aromatic carbocycles. The number of carbonyl (C=O) groups is 1. The average Bonchev–Trinajstić information content (AvgIpc) is 2.14. The Morgan fingerprint density at radius 1 is 1.39 bits per heavy atom. The van der Waals surface area contributed by atoms with Crippen molar-refractivity contribution in [3.05, 3.63) is 0 Å². The van der Waals surface area contributed by atoms with Crippen LogP contribution in [0.25, 0.3) is 0 Å². The van der Waals surface area contributed by atoms with Crippen LogP contribution in [0.3, 0.4) is 0 Å². The van der Waals surface area contributed by atoms with Gasteiger partial charge >= 0.3 is 6.09 Å². The second-order valence-corrected chi connectivity index (χ2v) is 13.6. The molecule has 0 aliphatic carbocycles. The molecule has 110 valence electrons. The molecular weight excluding hydrogens is 334 g/mol. The van der Waals surface area contributed by atoms with E-state index in [2.05, 4.69) is 33.8 Å². The Morgan fingerprint density at radius 3 is 2.50 bits per heavy atom. The van der Waals surface area contributed by atoms with Crippen LogP contribution < -0.4 is 5.32 Å². The van der Waals surface area contributed by atoms with Crippen LogP contribution in [-0.2, 0) is 4.74 Å². The maximum Gasteiger partial charge on any atom is 0.407 e. The van der Waals surface area contributed by atoms with Gasteiger partial charge in [-0.2, -0.15) is 9.06 Å². The zero-order valence-electron chi connectivity index (χ0n) is 12.0. The van der Waals surface area contributed by atoms with E-state index in [-0.39, 0.29) is 6.09 Å². The molecular formula is C12H26BrNO2S2. The SMILES string of the molecule is CC(C)(C)OC(=O)NCCS(C)(C)SCCCBr. The predicted molar refractivity (Wildman–Crippen MR) is 89.4 cm³/mol. The molecule has 6 heteroatoms. The summed E-state index contributed by atoms with van der Waals surface area (Å²) in [5.74, 6) is 2.21. The summed E-state index contributed by atoms with van der Waals surface area (Å²) in [7, 11) is 1.36. The first-order valence-electron chi connectivity index (χ1n) is 6.04. The van der Waals surface area contributed by atoms with E-state index in [9.17, 15) is 4.79 Å². The highest BCUT2D eigenvalue weighted by Gasteiger charge is 2.17. The number of nitrogens with one attached hydrogen (secondary N) is 1. The van der Waals surface area contributed by atoms with Gasteiger partial charge in [-0.15, -0.1) is 10.8 Å². The van der Waals surface area contributed by atoms with Gasteiger partial charge in [0.1, 0.15) is 5.60 Å². The Bertz CT molecular complexity index is 255. The number of alkyl halides is 1. The van der Waals surface area contributed by atoms with E-state index in [1.165, 1.54) is 12.2 Å². The van der Waals surface area contributed by atoms with Crippen molar-refractivity contribution in [1.82, 2.24) is 5.32 Å². The maximum absolute atomic E-state index is 11.5. The van der Waals surface area contributed by atoms with Gasteiger partial charge in [-0.05, 0) is 39.7 Å². The molecule has 0 fully saturated rings. The first-order valence-corrected chi connectivity index (χ1v) is 11.3. The number of hydrogen-bond donors (Lipinski definition) is 1. The molecule has 0 aliphatic heterocycles. The van der Waals surface area contributed by atoms with Crippen molar-refractivity contribution in [3.63, 3.8) is 0 Å². The van der Waals surface area contributed by atoms with Crippen LogP contribution in [0.15, 0.2) is 0 Å². The minimum Gasteiger partial charge on any atom is -0.444 e. The van der Waals surface area contributed by atoms with Gasteiger partial charge in [0, 0.05) is 23.4 Å². The number of carbonyl (C=O) groups excluding carboxylic acids is 1. The molecule has 0 aromatic heterocycles. The van der Waals surface area contributed by atoms with Gasteiger partial charge in [-0.1, -0.05) is 15.9 Å². The summed E-state index contributed by atoms with van der Waals surface area (Å²) in [5, 5.41) is 3.88. The van der Waals surface area contributed by atoms with Crippen molar-refractivity contribution in [3.8, 4) is 0 Å². The molecule has 0 aromatic rings. The number of rotatable bonds is 7. The second-order valence-electron chi connectivity index (χ2n) is 5.43. The Labute approximate surface area is 125 Å². The lowest BCUT2D eigenvalue weighted by Crippen LogP contribution is -2.34.